The zero-order chi connectivity index (χ0) is 13.0. The molecule has 1 fully saturated rings. The van der Waals surface area contributed by atoms with E-state index in [0.717, 1.165) is 37.8 Å². The smallest absolute Gasteiger partial charge is 0.226 e. The number of aromatic nitrogens is 2. The Morgan fingerprint density at radius 3 is 2.83 bits per heavy atom. The second-order valence-corrected chi connectivity index (χ2v) is 5.02. The number of aryl methyl sites for hydroxylation is 1. The highest BCUT2D eigenvalue weighted by Gasteiger charge is 2.31. The second kappa shape index (κ2) is 6.29. The monoisotopic (exact) mass is 252 g/mol. The van der Waals surface area contributed by atoms with Crippen LogP contribution in [-0.4, -0.2) is 34.2 Å². The van der Waals surface area contributed by atoms with Crippen molar-refractivity contribution in [3.05, 3.63) is 11.7 Å². The largest absolute Gasteiger partial charge is 0.339 e. The Morgan fingerprint density at radius 2 is 2.22 bits per heavy atom. The molecule has 5 heteroatoms. The summed E-state index contributed by atoms with van der Waals surface area (Å²) >= 11 is 0. The summed E-state index contributed by atoms with van der Waals surface area (Å²) in [6.07, 6.45) is 4.59. The second-order valence-electron chi connectivity index (χ2n) is 5.02. The van der Waals surface area contributed by atoms with Gasteiger partial charge >= 0.3 is 0 Å². The first kappa shape index (κ1) is 13.5. The average Bonchev–Trinajstić information content (AvgIpc) is 3.04. The predicted octanol–water partition coefficient (Wildman–Crippen LogP) is 1.58. The molecule has 2 atom stereocenters. The van der Waals surface area contributed by atoms with E-state index in [2.05, 4.69) is 22.0 Å². The maximum absolute atomic E-state index is 5.86. The highest BCUT2D eigenvalue weighted by molar-refractivity contribution is 4.91. The number of nitrogens with zero attached hydrogens (tertiary/aromatic N) is 3. The van der Waals surface area contributed by atoms with Gasteiger partial charge in [-0.05, 0) is 31.8 Å². The zero-order valence-electron chi connectivity index (χ0n) is 11.4. The summed E-state index contributed by atoms with van der Waals surface area (Å²) in [6, 6.07) is 0.587. The molecule has 2 N–H and O–H groups in total. The summed E-state index contributed by atoms with van der Waals surface area (Å²) in [5, 5.41) is 4.04. The van der Waals surface area contributed by atoms with Gasteiger partial charge in [-0.2, -0.15) is 4.98 Å². The lowest BCUT2D eigenvalue weighted by atomic mass is 10.0. The average molecular weight is 252 g/mol. The van der Waals surface area contributed by atoms with E-state index in [0.29, 0.717) is 12.0 Å². The fraction of sp³-hybridized carbons (Fsp3) is 0.846. The Morgan fingerprint density at radius 1 is 1.39 bits per heavy atom. The first-order valence-corrected chi connectivity index (χ1v) is 7.04. The molecule has 2 rings (SSSR count). The highest BCUT2D eigenvalue weighted by atomic mass is 16.5. The molecule has 0 aliphatic heterocycles. The van der Waals surface area contributed by atoms with Crippen molar-refractivity contribution >= 4 is 0 Å². The third-order valence-corrected chi connectivity index (χ3v) is 3.95. The van der Waals surface area contributed by atoms with Gasteiger partial charge in [0, 0.05) is 12.5 Å². The van der Waals surface area contributed by atoms with Crippen molar-refractivity contribution in [1.29, 1.82) is 0 Å². The van der Waals surface area contributed by atoms with Crippen molar-refractivity contribution in [3.63, 3.8) is 0 Å². The van der Waals surface area contributed by atoms with Crippen molar-refractivity contribution in [2.45, 2.75) is 52.1 Å². The molecule has 0 aromatic carbocycles. The molecular weight excluding hydrogens is 228 g/mol. The van der Waals surface area contributed by atoms with E-state index in [9.17, 15) is 0 Å². The summed E-state index contributed by atoms with van der Waals surface area (Å²) in [5.74, 6) is 2.15. The van der Waals surface area contributed by atoms with Gasteiger partial charge in [0.1, 0.15) is 0 Å². The van der Waals surface area contributed by atoms with Crippen LogP contribution in [0.25, 0.3) is 0 Å². The molecule has 2 unspecified atom stereocenters. The van der Waals surface area contributed by atoms with E-state index in [1.807, 2.05) is 6.92 Å². The van der Waals surface area contributed by atoms with Crippen LogP contribution in [0, 0.1) is 5.92 Å². The first-order chi connectivity index (χ1) is 8.78. The maximum atomic E-state index is 5.86. The zero-order valence-corrected chi connectivity index (χ0v) is 11.4. The number of nitrogens with two attached hydrogens (primary N) is 1. The number of rotatable bonds is 6. The Balaban J connectivity index is 2.00. The van der Waals surface area contributed by atoms with Gasteiger partial charge in [0.05, 0.1) is 6.54 Å². The lowest BCUT2D eigenvalue weighted by molar-refractivity contribution is 0.156. The molecule has 0 spiro atoms. The molecule has 1 aromatic heterocycles. The van der Waals surface area contributed by atoms with Crippen molar-refractivity contribution in [3.8, 4) is 0 Å². The Labute approximate surface area is 109 Å². The van der Waals surface area contributed by atoms with E-state index < -0.39 is 0 Å². The number of hydrogen-bond acceptors (Lipinski definition) is 5. The van der Waals surface area contributed by atoms with Gasteiger partial charge in [-0.25, -0.2) is 0 Å². The van der Waals surface area contributed by atoms with Gasteiger partial charge in [-0.15, -0.1) is 0 Å². The van der Waals surface area contributed by atoms with Crippen LogP contribution in [0.5, 0.6) is 0 Å². The van der Waals surface area contributed by atoms with Gasteiger partial charge in [0.15, 0.2) is 5.82 Å². The molecule has 0 amide bonds. The van der Waals surface area contributed by atoms with Gasteiger partial charge in [-0.1, -0.05) is 25.4 Å². The minimum atomic E-state index is 0.587. The summed E-state index contributed by atoms with van der Waals surface area (Å²) in [6.45, 7) is 6.79. The Bertz CT molecular complexity index is 366. The third-order valence-electron chi connectivity index (χ3n) is 3.95. The van der Waals surface area contributed by atoms with Crippen molar-refractivity contribution in [1.82, 2.24) is 15.0 Å². The molecule has 1 aromatic rings. The van der Waals surface area contributed by atoms with E-state index in [-0.39, 0.29) is 0 Å². The normalized spacial score (nSPS) is 24.0. The molecule has 1 heterocycles. The van der Waals surface area contributed by atoms with Gasteiger partial charge in [0.25, 0.3) is 0 Å². The van der Waals surface area contributed by atoms with Crippen LogP contribution < -0.4 is 5.73 Å². The van der Waals surface area contributed by atoms with E-state index in [4.69, 9.17) is 10.3 Å². The van der Waals surface area contributed by atoms with E-state index >= 15 is 0 Å². The first-order valence-electron chi connectivity index (χ1n) is 7.04. The quantitative estimate of drug-likeness (QED) is 0.832. The molecule has 1 aliphatic carbocycles. The van der Waals surface area contributed by atoms with E-state index in [1.165, 1.54) is 19.3 Å². The standard InChI is InChI=1S/C13H24N4O/c1-3-13-15-12(16-18-13)9-17(4-2)11-7-5-6-10(11)8-14/h10-11H,3-9,14H2,1-2H3. The molecular formula is C13H24N4O. The molecule has 5 nitrogen and oxygen atoms in total. The summed E-state index contributed by atoms with van der Waals surface area (Å²) in [5.41, 5.74) is 5.86. The summed E-state index contributed by atoms with van der Waals surface area (Å²) in [7, 11) is 0. The fourth-order valence-electron chi connectivity index (χ4n) is 2.92. The highest BCUT2D eigenvalue weighted by Crippen LogP contribution is 2.29. The molecule has 1 saturated carbocycles. The summed E-state index contributed by atoms with van der Waals surface area (Å²) in [4.78, 5) is 6.83. The van der Waals surface area contributed by atoms with Crippen molar-refractivity contribution in [2.24, 2.45) is 11.7 Å². The lowest BCUT2D eigenvalue weighted by Gasteiger charge is -2.30. The van der Waals surface area contributed by atoms with Crippen molar-refractivity contribution in [2.75, 3.05) is 13.1 Å². The van der Waals surface area contributed by atoms with Crippen LogP contribution in [0.15, 0.2) is 4.52 Å². The van der Waals surface area contributed by atoms with Crippen LogP contribution in [-0.2, 0) is 13.0 Å². The van der Waals surface area contributed by atoms with Crippen LogP contribution in [0.4, 0.5) is 0 Å². The lowest BCUT2D eigenvalue weighted by Crippen LogP contribution is -2.40. The van der Waals surface area contributed by atoms with Gasteiger partial charge < -0.3 is 10.3 Å². The van der Waals surface area contributed by atoms with Crippen LogP contribution in [0.3, 0.4) is 0 Å². The van der Waals surface area contributed by atoms with E-state index in [1.54, 1.807) is 0 Å². The Kier molecular flexibility index (Phi) is 4.72. The molecule has 102 valence electrons. The predicted molar refractivity (Wildman–Crippen MR) is 69.9 cm³/mol. The van der Waals surface area contributed by atoms with Gasteiger partial charge in [-0.3, -0.25) is 4.90 Å². The van der Waals surface area contributed by atoms with Crippen LogP contribution >= 0.6 is 0 Å². The Hall–Kier alpha value is -0.940. The molecule has 0 saturated heterocycles. The molecule has 18 heavy (non-hydrogen) atoms. The topological polar surface area (TPSA) is 68.2 Å². The van der Waals surface area contributed by atoms with Crippen LogP contribution in [0.2, 0.25) is 0 Å². The van der Waals surface area contributed by atoms with Crippen molar-refractivity contribution < 1.29 is 4.52 Å². The third kappa shape index (κ3) is 2.90. The fourth-order valence-corrected chi connectivity index (χ4v) is 2.92. The summed E-state index contributed by atoms with van der Waals surface area (Å²) < 4.78 is 5.16. The minimum absolute atomic E-state index is 0.587. The maximum Gasteiger partial charge on any atom is 0.226 e. The van der Waals surface area contributed by atoms with Gasteiger partial charge in [0.2, 0.25) is 5.89 Å². The minimum Gasteiger partial charge on any atom is -0.339 e. The molecule has 0 radical (unpaired) electrons. The SMILES string of the molecule is CCc1nc(CN(CC)C2CCCC2CN)no1. The number of hydrogen-bond donors (Lipinski definition) is 1. The van der Waals surface area contributed by atoms with Crippen LogP contribution in [0.1, 0.15) is 44.8 Å². The molecule has 0 bridgehead atoms. The molecule has 1 aliphatic rings.